The van der Waals surface area contributed by atoms with Crippen LogP contribution in [0, 0.1) is 0 Å². The van der Waals surface area contributed by atoms with Gasteiger partial charge in [0.05, 0.1) is 5.69 Å². The molecule has 0 bridgehead atoms. The number of anilines is 1. The lowest BCUT2D eigenvalue weighted by Crippen LogP contribution is -2.03. The number of rotatable bonds is 4. The average molecular weight is 275 g/mol. The number of nitrogens with two attached hydrogens (primary N) is 1. The van der Waals surface area contributed by atoms with E-state index in [0.717, 1.165) is 29.9 Å². The van der Waals surface area contributed by atoms with Crippen molar-refractivity contribution in [2.24, 2.45) is 0 Å². The van der Waals surface area contributed by atoms with Crippen molar-refractivity contribution in [1.82, 2.24) is 9.97 Å². The number of hydrogen-bond donors (Lipinski definition) is 1. The number of nitrogens with zero attached hydrogens (tertiary/aromatic N) is 2. The van der Waals surface area contributed by atoms with Crippen LogP contribution in [0.4, 0.5) is 5.82 Å². The molecule has 0 radical (unpaired) electrons. The highest BCUT2D eigenvalue weighted by atomic mass is 14.9. The highest BCUT2D eigenvalue weighted by molar-refractivity contribution is 5.61. The van der Waals surface area contributed by atoms with Gasteiger partial charge in [0.15, 0.2) is 0 Å². The van der Waals surface area contributed by atoms with Gasteiger partial charge >= 0.3 is 0 Å². The summed E-state index contributed by atoms with van der Waals surface area (Å²) in [5, 5.41) is 0. The van der Waals surface area contributed by atoms with Crippen LogP contribution in [-0.2, 0) is 12.8 Å². The second-order valence-corrected chi connectivity index (χ2v) is 4.95. The molecule has 0 saturated carbocycles. The van der Waals surface area contributed by atoms with E-state index in [2.05, 4.69) is 22.1 Å². The number of benzene rings is 2. The molecule has 3 aromatic rings. The third-order valence-electron chi connectivity index (χ3n) is 3.34. The Labute approximate surface area is 124 Å². The highest BCUT2D eigenvalue weighted by Crippen LogP contribution is 2.18. The van der Waals surface area contributed by atoms with Gasteiger partial charge in [-0.2, -0.15) is 0 Å². The summed E-state index contributed by atoms with van der Waals surface area (Å²) in [5.41, 5.74) is 9.14. The van der Waals surface area contributed by atoms with Crippen LogP contribution in [0.2, 0.25) is 0 Å². The predicted octanol–water partition coefficient (Wildman–Crippen LogP) is 3.51. The lowest BCUT2D eigenvalue weighted by Gasteiger charge is -2.06. The van der Waals surface area contributed by atoms with E-state index < -0.39 is 0 Å². The molecule has 0 saturated heterocycles. The first kappa shape index (κ1) is 13.3. The lowest BCUT2D eigenvalue weighted by atomic mass is 10.1. The van der Waals surface area contributed by atoms with E-state index in [1.807, 2.05) is 54.6 Å². The Kier molecular flexibility index (Phi) is 3.92. The molecule has 0 amide bonds. The topological polar surface area (TPSA) is 51.8 Å². The molecule has 0 spiro atoms. The van der Waals surface area contributed by atoms with Crippen molar-refractivity contribution in [3.05, 3.63) is 78.1 Å². The quantitative estimate of drug-likeness (QED) is 0.792. The van der Waals surface area contributed by atoms with E-state index in [4.69, 9.17) is 5.73 Å². The number of nitrogen functional groups attached to an aromatic ring is 1. The molecule has 0 aliphatic carbocycles. The molecule has 3 heteroatoms. The van der Waals surface area contributed by atoms with Gasteiger partial charge in [-0.1, -0.05) is 60.7 Å². The molecule has 1 aromatic heterocycles. The van der Waals surface area contributed by atoms with Crippen molar-refractivity contribution in [2.45, 2.75) is 12.8 Å². The molecule has 0 fully saturated rings. The van der Waals surface area contributed by atoms with Gasteiger partial charge in [0.2, 0.25) is 0 Å². The summed E-state index contributed by atoms with van der Waals surface area (Å²) in [6.07, 6.45) is 1.70. The zero-order chi connectivity index (χ0) is 14.5. The molecule has 2 N–H and O–H groups in total. The fourth-order valence-electron chi connectivity index (χ4n) is 2.29. The zero-order valence-corrected chi connectivity index (χ0v) is 11.7. The van der Waals surface area contributed by atoms with Gasteiger partial charge in [-0.05, 0) is 12.0 Å². The van der Waals surface area contributed by atoms with Gasteiger partial charge in [-0.3, -0.25) is 0 Å². The second-order valence-electron chi connectivity index (χ2n) is 4.95. The maximum atomic E-state index is 5.91. The number of aromatic nitrogens is 2. The predicted molar refractivity (Wildman–Crippen MR) is 85.7 cm³/mol. The minimum absolute atomic E-state index is 0.520. The Balaban J connectivity index is 1.82. The first-order valence-corrected chi connectivity index (χ1v) is 7.04. The van der Waals surface area contributed by atoms with E-state index in [1.165, 1.54) is 5.56 Å². The number of hydrogen-bond acceptors (Lipinski definition) is 3. The first-order valence-electron chi connectivity index (χ1n) is 7.04. The van der Waals surface area contributed by atoms with Crippen molar-refractivity contribution in [3.8, 4) is 11.3 Å². The van der Waals surface area contributed by atoms with Gasteiger partial charge < -0.3 is 5.73 Å². The molecule has 104 valence electrons. The smallest absolute Gasteiger partial charge is 0.131 e. The normalized spacial score (nSPS) is 10.5. The fraction of sp³-hybridized carbons (Fsp3) is 0.111. The van der Waals surface area contributed by atoms with Gasteiger partial charge in [-0.15, -0.1) is 0 Å². The molecule has 0 atom stereocenters. The van der Waals surface area contributed by atoms with Crippen molar-refractivity contribution in [3.63, 3.8) is 0 Å². The maximum absolute atomic E-state index is 5.91. The summed E-state index contributed by atoms with van der Waals surface area (Å²) >= 11 is 0. The Bertz CT molecular complexity index is 709. The summed E-state index contributed by atoms with van der Waals surface area (Å²) in [5.74, 6) is 1.31. The first-order chi connectivity index (χ1) is 10.3. The fourth-order valence-corrected chi connectivity index (χ4v) is 2.29. The molecule has 3 nitrogen and oxygen atoms in total. The van der Waals surface area contributed by atoms with Crippen LogP contribution in [-0.4, -0.2) is 9.97 Å². The molecular weight excluding hydrogens is 258 g/mol. The summed E-state index contributed by atoms with van der Waals surface area (Å²) in [6, 6.07) is 22.2. The van der Waals surface area contributed by atoms with Crippen LogP contribution < -0.4 is 5.73 Å². The molecule has 21 heavy (non-hydrogen) atoms. The lowest BCUT2D eigenvalue weighted by molar-refractivity contribution is 0.863. The van der Waals surface area contributed by atoms with Gasteiger partial charge in [0, 0.05) is 18.1 Å². The van der Waals surface area contributed by atoms with Crippen LogP contribution >= 0.6 is 0 Å². The van der Waals surface area contributed by atoms with Crippen LogP contribution in [0.1, 0.15) is 11.4 Å². The summed E-state index contributed by atoms with van der Waals surface area (Å²) < 4.78 is 0. The molecular formula is C18H17N3. The van der Waals surface area contributed by atoms with E-state index >= 15 is 0 Å². The minimum atomic E-state index is 0.520. The molecule has 2 aromatic carbocycles. The van der Waals surface area contributed by atoms with Crippen molar-refractivity contribution >= 4 is 5.82 Å². The van der Waals surface area contributed by atoms with Crippen LogP contribution in [0.3, 0.4) is 0 Å². The average Bonchev–Trinajstić information content (AvgIpc) is 2.54. The zero-order valence-electron chi connectivity index (χ0n) is 11.7. The molecule has 0 aliphatic rings. The molecule has 0 unspecified atom stereocenters. The second kappa shape index (κ2) is 6.18. The monoisotopic (exact) mass is 275 g/mol. The Morgan fingerprint density at radius 3 is 2.14 bits per heavy atom. The van der Waals surface area contributed by atoms with Gasteiger partial charge in [-0.25, -0.2) is 9.97 Å². The highest BCUT2D eigenvalue weighted by Gasteiger charge is 2.05. The van der Waals surface area contributed by atoms with Crippen molar-refractivity contribution < 1.29 is 0 Å². The summed E-state index contributed by atoms with van der Waals surface area (Å²) in [7, 11) is 0. The largest absolute Gasteiger partial charge is 0.384 e. The van der Waals surface area contributed by atoms with E-state index in [-0.39, 0.29) is 0 Å². The summed E-state index contributed by atoms with van der Waals surface area (Å²) in [6.45, 7) is 0. The summed E-state index contributed by atoms with van der Waals surface area (Å²) in [4.78, 5) is 8.97. The van der Waals surface area contributed by atoms with Gasteiger partial charge in [0.1, 0.15) is 11.6 Å². The SMILES string of the molecule is Nc1cc(-c2ccccc2)nc(CCc2ccccc2)n1. The molecule has 3 rings (SSSR count). The van der Waals surface area contributed by atoms with E-state index in [1.54, 1.807) is 0 Å². The third kappa shape index (κ3) is 3.45. The molecule has 0 aliphatic heterocycles. The van der Waals surface area contributed by atoms with Crippen LogP contribution in [0.5, 0.6) is 0 Å². The van der Waals surface area contributed by atoms with E-state index in [0.29, 0.717) is 5.82 Å². The number of aryl methyl sites for hydroxylation is 2. The Morgan fingerprint density at radius 1 is 0.762 bits per heavy atom. The third-order valence-corrected chi connectivity index (χ3v) is 3.34. The standard InChI is InChI=1S/C18H17N3/c19-17-13-16(15-9-5-2-6-10-15)20-18(21-17)12-11-14-7-3-1-4-8-14/h1-10,13H,11-12H2,(H2,19,20,21). The Hall–Kier alpha value is -2.68. The van der Waals surface area contributed by atoms with Gasteiger partial charge in [0.25, 0.3) is 0 Å². The minimum Gasteiger partial charge on any atom is -0.384 e. The van der Waals surface area contributed by atoms with Crippen molar-refractivity contribution in [1.29, 1.82) is 0 Å². The van der Waals surface area contributed by atoms with Crippen LogP contribution in [0.25, 0.3) is 11.3 Å². The van der Waals surface area contributed by atoms with E-state index in [9.17, 15) is 0 Å². The van der Waals surface area contributed by atoms with Crippen molar-refractivity contribution in [2.75, 3.05) is 5.73 Å². The van der Waals surface area contributed by atoms with Crippen LogP contribution in [0.15, 0.2) is 66.7 Å². The maximum Gasteiger partial charge on any atom is 0.131 e. The molecule has 1 heterocycles. The Morgan fingerprint density at radius 2 is 1.43 bits per heavy atom.